The van der Waals surface area contributed by atoms with Crippen molar-refractivity contribution in [2.45, 2.75) is 18.2 Å². The summed E-state index contributed by atoms with van der Waals surface area (Å²) in [5.41, 5.74) is 2.40. The molecule has 2 aromatic carbocycles. The first-order chi connectivity index (χ1) is 14.3. The van der Waals surface area contributed by atoms with E-state index in [0.29, 0.717) is 13.1 Å². The predicted molar refractivity (Wildman–Crippen MR) is 118 cm³/mol. The average Bonchev–Trinajstić information content (AvgIpc) is 3.13. The number of guanidine groups is 1. The maximum atomic E-state index is 11.7. The van der Waals surface area contributed by atoms with Crippen molar-refractivity contribution in [2.24, 2.45) is 4.99 Å². The Balaban J connectivity index is 1.71. The minimum atomic E-state index is -3.52. The van der Waals surface area contributed by atoms with Crippen LogP contribution in [0, 0.1) is 10.1 Å². The third-order valence-electron chi connectivity index (χ3n) is 4.76. The number of rotatable bonds is 7. The molecule has 1 aliphatic rings. The van der Waals surface area contributed by atoms with Crippen LogP contribution in [0.25, 0.3) is 0 Å². The minimum Gasteiger partial charge on any atom is -0.378 e. The number of anilines is 2. The molecule has 0 aromatic heterocycles. The Labute approximate surface area is 175 Å². The van der Waals surface area contributed by atoms with E-state index in [0.717, 1.165) is 43.5 Å². The van der Waals surface area contributed by atoms with Crippen molar-refractivity contribution in [1.29, 1.82) is 0 Å². The molecule has 0 bridgehead atoms. The largest absolute Gasteiger partial charge is 0.378 e. The topological polar surface area (TPSA) is 117 Å². The molecule has 2 N–H and O–H groups in total. The molecule has 0 saturated carbocycles. The van der Waals surface area contributed by atoms with Crippen molar-refractivity contribution in [3.63, 3.8) is 0 Å². The molecule has 2 aromatic rings. The molecular formula is C20H25N5O4S. The molecule has 1 aliphatic heterocycles. The lowest BCUT2D eigenvalue weighted by molar-refractivity contribution is -0.384. The van der Waals surface area contributed by atoms with E-state index >= 15 is 0 Å². The number of aliphatic imine (C=N–C) groups is 1. The lowest BCUT2D eigenvalue weighted by atomic mass is 10.2. The quantitative estimate of drug-likeness (QED) is 0.227. The Morgan fingerprint density at radius 3 is 2.73 bits per heavy atom. The monoisotopic (exact) mass is 431 g/mol. The Morgan fingerprint density at radius 1 is 1.27 bits per heavy atom. The smallest absolute Gasteiger partial charge is 0.293 e. The number of nitrogens with one attached hydrogen (secondary N) is 2. The van der Waals surface area contributed by atoms with Crippen LogP contribution < -0.4 is 15.5 Å². The van der Waals surface area contributed by atoms with Gasteiger partial charge in [-0.3, -0.25) is 15.1 Å². The maximum absolute atomic E-state index is 11.7. The zero-order chi connectivity index (χ0) is 21.7. The third-order valence-corrected chi connectivity index (χ3v) is 5.87. The fraction of sp³-hybridized carbons (Fsp3) is 0.350. The zero-order valence-electron chi connectivity index (χ0n) is 17.0. The Kier molecular flexibility index (Phi) is 6.56. The lowest BCUT2D eigenvalue weighted by Gasteiger charge is -2.22. The number of nitro benzene ring substituents is 1. The van der Waals surface area contributed by atoms with E-state index < -0.39 is 14.8 Å². The van der Waals surface area contributed by atoms with Gasteiger partial charge in [-0.25, -0.2) is 8.42 Å². The highest BCUT2D eigenvalue weighted by Crippen LogP contribution is 2.28. The van der Waals surface area contributed by atoms with E-state index in [9.17, 15) is 18.5 Å². The molecule has 3 rings (SSSR count). The van der Waals surface area contributed by atoms with Crippen LogP contribution in [-0.2, 0) is 16.3 Å². The summed E-state index contributed by atoms with van der Waals surface area (Å²) in [4.78, 5) is 17.5. The summed E-state index contributed by atoms with van der Waals surface area (Å²) in [6.45, 7) is 4.33. The van der Waals surface area contributed by atoms with Crippen LogP contribution >= 0.6 is 0 Å². The van der Waals surface area contributed by atoms with E-state index in [4.69, 9.17) is 0 Å². The van der Waals surface area contributed by atoms with Crippen LogP contribution in [0.4, 0.5) is 17.1 Å². The average molecular weight is 432 g/mol. The molecule has 10 heteroatoms. The molecule has 1 heterocycles. The number of benzene rings is 2. The Morgan fingerprint density at radius 2 is 2.03 bits per heavy atom. The molecule has 0 radical (unpaired) electrons. The Bertz CT molecular complexity index is 1070. The van der Waals surface area contributed by atoms with Gasteiger partial charge in [0.1, 0.15) is 5.69 Å². The first-order valence-electron chi connectivity index (χ1n) is 9.67. The number of nitrogens with zero attached hydrogens (tertiary/aromatic N) is 3. The van der Waals surface area contributed by atoms with Gasteiger partial charge in [0.2, 0.25) is 0 Å². The van der Waals surface area contributed by atoms with E-state index in [1.54, 1.807) is 0 Å². The first-order valence-corrected chi connectivity index (χ1v) is 11.6. The van der Waals surface area contributed by atoms with E-state index in [1.807, 2.05) is 19.1 Å². The van der Waals surface area contributed by atoms with Crippen LogP contribution in [0.1, 0.15) is 12.5 Å². The molecule has 0 amide bonds. The fourth-order valence-corrected chi connectivity index (χ4v) is 3.99. The summed E-state index contributed by atoms with van der Waals surface area (Å²) in [6.07, 6.45) is 1.98. The normalized spacial score (nSPS) is 13.8. The zero-order valence-corrected chi connectivity index (χ0v) is 17.8. The van der Waals surface area contributed by atoms with Gasteiger partial charge in [-0.1, -0.05) is 18.2 Å². The molecule has 0 unspecified atom stereocenters. The predicted octanol–water partition coefficient (Wildman–Crippen LogP) is 2.44. The van der Waals surface area contributed by atoms with Gasteiger partial charge >= 0.3 is 0 Å². The number of hydrogen-bond donors (Lipinski definition) is 2. The van der Waals surface area contributed by atoms with Crippen LogP contribution in [0.15, 0.2) is 52.4 Å². The van der Waals surface area contributed by atoms with Gasteiger partial charge in [0.15, 0.2) is 15.8 Å². The van der Waals surface area contributed by atoms with Crippen molar-refractivity contribution in [3.05, 3.63) is 58.1 Å². The number of para-hydroxylation sites is 1. The molecule has 0 aliphatic carbocycles. The van der Waals surface area contributed by atoms with Crippen molar-refractivity contribution in [2.75, 3.05) is 42.7 Å². The van der Waals surface area contributed by atoms with Crippen molar-refractivity contribution < 1.29 is 13.3 Å². The van der Waals surface area contributed by atoms with Gasteiger partial charge in [0, 0.05) is 37.6 Å². The van der Waals surface area contributed by atoms with E-state index in [-0.39, 0.29) is 16.3 Å². The summed E-state index contributed by atoms with van der Waals surface area (Å²) in [6, 6.07) is 12.1. The standard InChI is InChI=1S/C20H25N5O4S/c1-3-21-20(24-13-10-15-6-4-5-7-18(15)24)23-12-11-22-17-9-8-16(30(2,28)29)14-19(17)25(26)27/h4-9,14,22H,3,10-13H2,1-2H3,(H,21,23). The number of fused-ring (bicyclic) bond motifs is 1. The second kappa shape index (κ2) is 9.12. The minimum absolute atomic E-state index is 0.0834. The third kappa shape index (κ3) is 4.88. The second-order valence-corrected chi connectivity index (χ2v) is 8.92. The summed E-state index contributed by atoms with van der Waals surface area (Å²) in [5, 5.41) is 17.6. The summed E-state index contributed by atoms with van der Waals surface area (Å²) in [7, 11) is -3.52. The highest BCUT2D eigenvalue weighted by Gasteiger charge is 2.22. The highest BCUT2D eigenvalue weighted by atomic mass is 32.2. The maximum Gasteiger partial charge on any atom is 0.293 e. The van der Waals surface area contributed by atoms with Gasteiger partial charge < -0.3 is 15.5 Å². The molecule has 0 atom stereocenters. The summed E-state index contributed by atoms with van der Waals surface area (Å²) in [5.74, 6) is 0.770. The summed E-state index contributed by atoms with van der Waals surface area (Å²) >= 11 is 0. The molecule has 0 saturated heterocycles. The van der Waals surface area contributed by atoms with E-state index in [1.165, 1.54) is 17.7 Å². The molecule has 30 heavy (non-hydrogen) atoms. The number of sulfone groups is 1. The van der Waals surface area contributed by atoms with Crippen LogP contribution in [-0.4, -0.2) is 51.7 Å². The van der Waals surface area contributed by atoms with Gasteiger partial charge in [-0.15, -0.1) is 0 Å². The number of hydrogen-bond acceptors (Lipinski definition) is 6. The van der Waals surface area contributed by atoms with Gasteiger partial charge in [0.05, 0.1) is 16.4 Å². The SMILES string of the molecule is CCNC(=NCCNc1ccc(S(C)(=O)=O)cc1[N+](=O)[O-])N1CCc2ccccc21. The molecule has 160 valence electrons. The molecule has 0 spiro atoms. The van der Waals surface area contributed by atoms with Crippen LogP contribution in [0.5, 0.6) is 0 Å². The number of nitro groups is 1. The lowest BCUT2D eigenvalue weighted by Crippen LogP contribution is -2.40. The molecular weight excluding hydrogens is 406 g/mol. The van der Waals surface area contributed by atoms with Crippen molar-refractivity contribution in [3.8, 4) is 0 Å². The molecule has 9 nitrogen and oxygen atoms in total. The Hall–Kier alpha value is -3.14. The summed E-state index contributed by atoms with van der Waals surface area (Å²) < 4.78 is 23.3. The van der Waals surface area contributed by atoms with Gasteiger partial charge in [-0.2, -0.15) is 0 Å². The molecule has 0 fully saturated rings. The van der Waals surface area contributed by atoms with Crippen LogP contribution in [0.2, 0.25) is 0 Å². The van der Waals surface area contributed by atoms with Gasteiger partial charge in [-0.05, 0) is 37.1 Å². The van der Waals surface area contributed by atoms with Gasteiger partial charge in [0.25, 0.3) is 5.69 Å². The van der Waals surface area contributed by atoms with Crippen LogP contribution in [0.3, 0.4) is 0 Å². The second-order valence-electron chi connectivity index (χ2n) is 6.90. The highest BCUT2D eigenvalue weighted by molar-refractivity contribution is 7.90. The fourth-order valence-electron chi connectivity index (χ4n) is 3.35. The first kappa shape index (κ1) is 21.6. The van der Waals surface area contributed by atoms with Crippen molar-refractivity contribution in [1.82, 2.24) is 5.32 Å². The van der Waals surface area contributed by atoms with Crippen molar-refractivity contribution >= 4 is 32.9 Å². The van der Waals surface area contributed by atoms with E-state index in [2.05, 4.69) is 32.7 Å².